The van der Waals surface area contributed by atoms with E-state index in [2.05, 4.69) is 26.6 Å². The van der Waals surface area contributed by atoms with E-state index < -0.39 is 84.3 Å². The monoisotopic (exact) mass is 573 g/mol. The molecule has 230 valence electrons. The van der Waals surface area contributed by atoms with Gasteiger partial charge in [-0.1, -0.05) is 27.7 Å². The molecule has 0 aliphatic carbocycles. The molecule has 0 heterocycles. The van der Waals surface area contributed by atoms with Crippen molar-refractivity contribution in [3.63, 3.8) is 0 Å². The lowest BCUT2D eigenvalue weighted by Crippen LogP contribution is -2.59. The number of carbonyl (C=O) groups is 6. The predicted molar refractivity (Wildman–Crippen MR) is 146 cm³/mol. The van der Waals surface area contributed by atoms with E-state index in [1.807, 2.05) is 0 Å². The van der Waals surface area contributed by atoms with Crippen LogP contribution in [-0.4, -0.2) is 95.1 Å². The van der Waals surface area contributed by atoms with Gasteiger partial charge in [0.2, 0.25) is 29.5 Å². The summed E-state index contributed by atoms with van der Waals surface area (Å²) in [7, 11) is 0. The van der Waals surface area contributed by atoms with Gasteiger partial charge in [-0.05, 0) is 51.5 Å². The van der Waals surface area contributed by atoms with Crippen molar-refractivity contribution in [2.75, 3.05) is 13.2 Å². The topological polar surface area (TPSA) is 255 Å². The number of unbranched alkanes of at least 4 members (excludes halogenated alkanes) is 1. The number of nitrogens with two attached hydrogens (primary N) is 2. The molecule has 0 aromatic carbocycles. The fourth-order valence-electron chi connectivity index (χ4n) is 3.48. The number of rotatable bonds is 18. The minimum Gasteiger partial charge on any atom is -0.480 e. The molecular formula is C25H47N7O8. The van der Waals surface area contributed by atoms with Crippen LogP contribution in [0.25, 0.3) is 0 Å². The van der Waals surface area contributed by atoms with Gasteiger partial charge in [0, 0.05) is 0 Å². The maximum Gasteiger partial charge on any atom is 0.326 e. The SMILES string of the molecule is CC(C)[C@H](NC(=O)[C@H](C)NC(=O)[C@@H](NC(=O)[C@H](CCCCN)NC(=O)[C@H](C)NC(=O)[C@@H](N)CO)C(C)C)C(=O)O. The van der Waals surface area contributed by atoms with Crippen LogP contribution < -0.4 is 38.1 Å². The number of nitrogens with one attached hydrogen (secondary N) is 5. The largest absolute Gasteiger partial charge is 0.480 e. The van der Waals surface area contributed by atoms with Gasteiger partial charge in [0.1, 0.15) is 36.3 Å². The minimum atomic E-state index is -1.21. The van der Waals surface area contributed by atoms with E-state index >= 15 is 0 Å². The quantitative estimate of drug-likeness (QED) is 0.0766. The van der Waals surface area contributed by atoms with Crippen molar-refractivity contribution < 1.29 is 39.0 Å². The average molecular weight is 574 g/mol. The first-order valence-corrected chi connectivity index (χ1v) is 13.4. The second-order valence-electron chi connectivity index (χ2n) is 10.4. The Labute approximate surface area is 234 Å². The molecule has 0 saturated heterocycles. The highest BCUT2D eigenvalue weighted by Gasteiger charge is 2.32. The van der Waals surface area contributed by atoms with Crippen molar-refractivity contribution in [2.24, 2.45) is 23.3 Å². The van der Waals surface area contributed by atoms with Gasteiger partial charge in [0.05, 0.1) is 6.61 Å². The molecule has 40 heavy (non-hydrogen) atoms. The number of aliphatic carboxylic acids is 1. The molecule has 0 aromatic rings. The summed E-state index contributed by atoms with van der Waals surface area (Å²) in [6.45, 7) is 9.15. The van der Waals surface area contributed by atoms with Crippen LogP contribution in [0.1, 0.15) is 60.8 Å². The number of aliphatic hydroxyl groups is 1. The second kappa shape index (κ2) is 18.1. The van der Waals surface area contributed by atoms with Gasteiger partial charge in [-0.3, -0.25) is 24.0 Å². The lowest BCUT2D eigenvalue weighted by Gasteiger charge is -2.27. The third-order valence-corrected chi connectivity index (χ3v) is 6.09. The summed E-state index contributed by atoms with van der Waals surface area (Å²) in [4.78, 5) is 74.7. The van der Waals surface area contributed by atoms with Crippen molar-refractivity contribution in [3.05, 3.63) is 0 Å². The lowest BCUT2D eigenvalue weighted by atomic mass is 10.0. The molecule has 5 amide bonds. The van der Waals surface area contributed by atoms with Crippen LogP contribution >= 0.6 is 0 Å². The number of hydrogen-bond acceptors (Lipinski definition) is 9. The highest BCUT2D eigenvalue weighted by atomic mass is 16.4. The van der Waals surface area contributed by atoms with Gasteiger partial charge in [-0.2, -0.15) is 0 Å². The van der Waals surface area contributed by atoms with Crippen molar-refractivity contribution in [3.8, 4) is 0 Å². The standard InChI is InChI=1S/C25H47N7O8/c1-12(2)18(24(38)29-15(6)21(35)32-19(13(3)4)25(39)40)31-23(37)17(9-7-8-10-26)30-20(34)14(5)28-22(36)16(27)11-33/h12-19,33H,7-11,26-27H2,1-6H3,(H,28,36)(H,29,38)(H,30,34)(H,31,37)(H,32,35)(H,39,40)/t14-,15-,16-,17-,18-,19-/m0/s1. The summed E-state index contributed by atoms with van der Waals surface area (Å²) < 4.78 is 0. The zero-order valence-electron chi connectivity index (χ0n) is 24.2. The Kier molecular flexibility index (Phi) is 16.6. The van der Waals surface area contributed by atoms with E-state index in [-0.39, 0.29) is 12.3 Å². The summed E-state index contributed by atoms with van der Waals surface area (Å²) in [6.07, 6.45) is 1.26. The Balaban J connectivity index is 5.50. The molecular weight excluding hydrogens is 526 g/mol. The van der Waals surface area contributed by atoms with E-state index in [9.17, 15) is 33.9 Å². The molecule has 0 unspecified atom stereocenters. The Morgan fingerprint density at radius 2 is 1.12 bits per heavy atom. The molecule has 0 rings (SSSR count). The first-order chi connectivity index (χ1) is 18.6. The number of carbonyl (C=O) groups excluding carboxylic acids is 5. The van der Waals surface area contributed by atoms with Crippen LogP contribution in [0.5, 0.6) is 0 Å². The van der Waals surface area contributed by atoms with E-state index in [4.69, 9.17) is 16.6 Å². The third-order valence-electron chi connectivity index (χ3n) is 6.09. The molecule has 15 nitrogen and oxygen atoms in total. The summed E-state index contributed by atoms with van der Waals surface area (Å²) in [5.41, 5.74) is 11.0. The molecule has 11 N–H and O–H groups in total. The zero-order valence-corrected chi connectivity index (χ0v) is 24.2. The second-order valence-corrected chi connectivity index (χ2v) is 10.4. The molecule has 0 spiro atoms. The summed E-state index contributed by atoms with van der Waals surface area (Å²) in [5.74, 6) is -5.47. The van der Waals surface area contributed by atoms with Gasteiger partial charge in [-0.15, -0.1) is 0 Å². The Morgan fingerprint density at radius 1 is 0.650 bits per heavy atom. The first-order valence-electron chi connectivity index (χ1n) is 13.4. The van der Waals surface area contributed by atoms with Crippen LogP contribution in [0.15, 0.2) is 0 Å². The lowest BCUT2D eigenvalue weighted by molar-refractivity contribution is -0.143. The molecule has 6 atom stereocenters. The fraction of sp³-hybridized carbons (Fsp3) is 0.760. The van der Waals surface area contributed by atoms with E-state index in [0.717, 1.165) is 0 Å². The van der Waals surface area contributed by atoms with Gasteiger partial charge in [0.25, 0.3) is 0 Å². The average Bonchev–Trinajstić information content (AvgIpc) is 2.87. The molecule has 0 saturated carbocycles. The van der Waals surface area contributed by atoms with E-state index in [1.54, 1.807) is 27.7 Å². The van der Waals surface area contributed by atoms with Crippen LogP contribution in [-0.2, 0) is 28.8 Å². The molecule has 0 aliphatic heterocycles. The molecule has 0 radical (unpaired) electrons. The maximum absolute atomic E-state index is 13.2. The van der Waals surface area contributed by atoms with Crippen LogP contribution in [0.3, 0.4) is 0 Å². The third kappa shape index (κ3) is 12.7. The number of carboxylic acid groups (broad SMARTS) is 1. The van der Waals surface area contributed by atoms with E-state index in [1.165, 1.54) is 13.8 Å². The minimum absolute atomic E-state index is 0.197. The first kappa shape index (κ1) is 36.7. The van der Waals surface area contributed by atoms with Crippen molar-refractivity contribution in [2.45, 2.75) is 97.1 Å². The van der Waals surface area contributed by atoms with Crippen molar-refractivity contribution in [1.82, 2.24) is 26.6 Å². The molecule has 0 bridgehead atoms. The van der Waals surface area contributed by atoms with Gasteiger partial charge < -0.3 is 48.3 Å². The normalized spacial score (nSPS) is 15.7. The van der Waals surface area contributed by atoms with Crippen LogP contribution in [0.4, 0.5) is 0 Å². The highest BCUT2D eigenvalue weighted by Crippen LogP contribution is 2.08. The molecule has 0 fully saturated rings. The molecule has 15 heteroatoms. The predicted octanol–water partition coefficient (Wildman–Crippen LogP) is -2.70. The smallest absolute Gasteiger partial charge is 0.326 e. The van der Waals surface area contributed by atoms with E-state index in [0.29, 0.717) is 19.4 Å². The number of aliphatic hydroxyl groups excluding tert-OH is 1. The number of carboxylic acids is 1. The zero-order chi connectivity index (χ0) is 31.2. The molecule has 0 aromatic heterocycles. The summed E-state index contributed by atoms with van der Waals surface area (Å²) in [5, 5.41) is 30.7. The van der Waals surface area contributed by atoms with Gasteiger partial charge >= 0.3 is 5.97 Å². The van der Waals surface area contributed by atoms with Crippen molar-refractivity contribution >= 4 is 35.5 Å². The Morgan fingerprint density at radius 3 is 1.57 bits per heavy atom. The maximum atomic E-state index is 13.2. The fourth-order valence-corrected chi connectivity index (χ4v) is 3.48. The van der Waals surface area contributed by atoms with Gasteiger partial charge in [-0.25, -0.2) is 4.79 Å². The highest BCUT2D eigenvalue weighted by molar-refractivity contribution is 5.96. The van der Waals surface area contributed by atoms with Crippen LogP contribution in [0, 0.1) is 11.8 Å². The summed E-state index contributed by atoms with van der Waals surface area (Å²) >= 11 is 0. The Hall–Kier alpha value is -3.30. The van der Waals surface area contributed by atoms with Crippen molar-refractivity contribution in [1.29, 1.82) is 0 Å². The number of amides is 5. The Bertz CT molecular complexity index is 883. The van der Waals surface area contributed by atoms with Gasteiger partial charge in [0.15, 0.2) is 0 Å². The van der Waals surface area contributed by atoms with Crippen LogP contribution in [0.2, 0.25) is 0 Å². The number of hydrogen-bond donors (Lipinski definition) is 9. The molecule has 0 aliphatic rings. The summed E-state index contributed by atoms with van der Waals surface area (Å²) in [6, 6.07) is -6.68.